The lowest BCUT2D eigenvalue weighted by atomic mass is 9.95. The molecule has 2 aromatic heterocycles. The Hall–Kier alpha value is -3.07. The highest BCUT2D eigenvalue weighted by Crippen LogP contribution is 2.29. The minimum absolute atomic E-state index is 0.157. The summed E-state index contributed by atoms with van der Waals surface area (Å²) in [4.78, 5) is 40.3. The van der Waals surface area contributed by atoms with Crippen molar-refractivity contribution in [3.05, 3.63) is 12.7 Å². The number of fused-ring (bicyclic) bond motifs is 1. The number of anilines is 1. The first-order valence-corrected chi connectivity index (χ1v) is 13.9. The summed E-state index contributed by atoms with van der Waals surface area (Å²) in [5, 5.41) is 27.8. The van der Waals surface area contributed by atoms with E-state index in [1.807, 2.05) is 4.57 Å². The van der Waals surface area contributed by atoms with Crippen LogP contribution in [0.3, 0.4) is 0 Å². The van der Waals surface area contributed by atoms with Crippen LogP contribution in [0.2, 0.25) is 0 Å². The Morgan fingerprint density at radius 1 is 1.10 bits per heavy atom. The van der Waals surface area contributed by atoms with Crippen LogP contribution >= 0.6 is 0 Å². The third kappa shape index (κ3) is 5.85. The summed E-state index contributed by atoms with van der Waals surface area (Å²) in [6, 6.07) is -1.64. The number of aromatic nitrogens is 4. The molecule has 0 aromatic carbocycles. The number of aliphatic hydroxyl groups excluding tert-OH is 2. The van der Waals surface area contributed by atoms with E-state index in [-0.39, 0.29) is 6.23 Å². The van der Waals surface area contributed by atoms with E-state index in [1.165, 1.54) is 11.2 Å². The lowest BCUT2D eigenvalue weighted by Gasteiger charge is -2.42. The SMILES string of the molecule is C[C@@H]1O[C@H](Nc2ncnc3c2ncn3C2CCCCO2)[C@@H](O)[C@H](O)[C@H]1NC(=O)[C@H]1CCCN1C(=O)OC(C)(C)C. The second-order valence-corrected chi connectivity index (χ2v) is 11.6. The lowest BCUT2D eigenvalue weighted by molar-refractivity contribution is -0.173. The van der Waals surface area contributed by atoms with Crippen molar-refractivity contribution in [2.45, 2.75) is 108 Å². The Kier molecular flexibility index (Phi) is 8.13. The quantitative estimate of drug-likeness (QED) is 0.414. The van der Waals surface area contributed by atoms with E-state index in [0.717, 1.165) is 19.3 Å². The molecule has 0 bridgehead atoms. The molecule has 40 heavy (non-hydrogen) atoms. The van der Waals surface area contributed by atoms with Crippen molar-refractivity contribution in [2.24, 2.45) is 0 Å². The predicted octanol–water partition coefficient (Wildman–Crippen LogP) is 1.29. The molecule has 0 aliphatic carbocycles. The molecule has 0 saturated carbocycles. The first kappa shape index (κ1) is 28.5. The number of imidazole rings is 1. The number of hydrogen-bond donors (Lipinski definition) is 4. The van der Waals surface area contributed by atoms with Crippen LogP contribution in [0.25, 0.3) is 11.2 Å². The summed E-state index contributed by atoms with van der Waals surface area (Å²) in [6.45, 7) is 8.07. The largest absolute Gasteiger partial charge is 0.444 e. The summed E-state index contributed by atoms with van der Waals surface area (Å²) < 4.78 is 19.2. The van der Waals surface area contributed by atoms with Gasteiger partial charge in [-0.3, -0.25) is 14.3 Å². The van der Waals surface area contributed by atoms with Gasteiger partial charge in [0.15, 0.2) is 23.2 Å². The molecule has 7 atom stereocenters. The highest BCUT2D eigenvalue weighted by molar-refractivity contribution is 5.86. The number of carbonyl (C=O) groups excluding carboxylic acids is 2. The van der Waals surface area contributed by atoms with Gasteiger partial charge in [0.25, 0.3) is 0 Å². The van der Waals surface area contributed by atoms with Crippen LogP contribution in [0.4, 0.5) is 10.6 Å². The molecule has 2 amide bonds. The molecule has 1 unspecified atom stereocenters. The number of carbonyl (C=O) groups is 2. The van der Waals surface area contributed by atoms with Crippen molar-refractivity contribution in [3.63, 3.8) is 0 Å². The molecule has 0 radical (unpaired) electrons. The van der Waals surface area contributed by atoms with E-state index in [9.17, 15) is 19.8 Å². The summed E-state index contributed by atoms with van der Waals surface area (Å²) >= 11 is 0. The maximum atomic E-state index is 13.2. The fraction of sp³-hybridized carbons (Fsp3) is 0.731. The van der Waals surface area contributed by atoms with E-state index in [2.05, 4.69) is 25.6 Å². The van der Waals surface area contributed by atoms with E-state index < -0.39 is 54.2 Å². The molecule has 14 nitrogen and oxygen atoms in total. The Balaban J connectivity index is 1.25. The van der Waals surface area contributed by atoms with Gasteiger partial charge in [0.1, 0.15) is 36.4 Å². The number of nitrogens with one attached hydrogen (secondary N) is 2. The highest BCUT2D eigenvalue weighted by Gasteiger charge is 2.46. The first-order valence-electron chi connectivity index (χ1n) is 13.9. The maximum Gasteiger partial charge on any atom is 0.410 e. The van der Waals surface area contributed by atoms with Crippen LogP contribution in [0, 0.1) is 0 Å². The van der Waals surface area contributed by atoms with Gasteiger partial charge in [-0.2, -0.15) is 0 Å². The van der Waals surface area contributed by atoms with E-state index in [4.69, 9.17) is 14.2 Å². The maximum absolute atomic E-state index is 13.2. The number of ether oxygens (including phenoxy) is 3. The third-order valence-electron chi connectivity index (χ3n) is 7.49. The fourth-order valence-electron chi connectivity index (χ4n) is 5.47. The Morgan fingerprint density at radius 3 is 2.62 bits per heavy atom. The number of amides is 2. The highest BCUT2D eigenvalue weighted by atomic mass is 16.6. The number of likely N-dealkylation sites (tertiary alicyclic amines) is 1. The Bertz CT molecular complexity index is 1210. The average molecular weight is 562 g/mol. The minimum atomic E-state index is -1.40. The average Bonchev–Trinajstić information content (AvgIpc) is 3.57. The van der Waals surface area contributed by atoms with Crippen LogP contribution in [0.5, 0.6) is 0 Å². The van der Waals surface area contributed by atoms with Crippen molar-refractivity contribution < 1.29 is 34.0 Å². The molecule has 0 spiro atoms. The van der Waals surface area contributed by atoms with Crippen molar-refractivity contribution in [1.29, 1.82) is 0 Å². The van der Waals surface area contributed by atoms with Crippen molar-refractivity contribution in [2.75, 3.05) is 18.5 Å². The van der Waals surface area contributed by atoms with Gasteiger partial charge in [0.05, 0.1) is 18.5 Å². The first-order chi connectivity index (χ1) is 19.0. The second-order valence-electron chi connectivity index (χ2n) is 11.6. The summed E-state index contributed by atoms with van der Waals surface area (Å²) in [5.74, 6) is -0.0982. The molecule has 3 aliphatic rings. The van der Waals surface area contributed by atoms with Crippen LogP contribution in [0.1, 0.15) is 66.0 Å². The van der Waals surface area contributed by atoms with E-state index in [1.54, 1.807) is 34.0 Å². The summed E-state index contributed by atoms with van der Waals surface area (Å²) in [7, 11) is 0. The number of rotatable bonds is 5. The minimum Gasteiger partial charge on any atom is -0.444 e. The van der Waals surface area contributed by atoms with Gasteiger partial charge in [0, 0.05) is 13.2 Å². The number of hydrogen-bond acceptors (Lipinski definition) is 11. The molecule has 14 heteroatoms. The van der Waals surface area contributed by atoms with Gasteiger partial charge in [0.2, 0.25) is 5.91 Å². The predicted molar refractivity (Wildman–Crippen MR) is 142 cm³/mol. The van der Waals surface area contributed by atoms with Gasteiger partial charge >= 0.3 is 6.09 Å². The lowest BCUT2D eigenvalue weighted by Crippen LogP contribution is -2.65. The molecule has 4 N–H and O–H groups in total. The molecule has 5 rings (SSSR count). The molecule has 3 fully saturated rings. The van der Waals surface area contributed by atoms with E-state index in [0.29, 0.717) is 43.0 Å². The normalized spacial score (nSPS) is 31.2. The van der Waals surface area contributed by atoms with Crippen LogP contribution in [-0.4, -0.2) is 102 Å². The van der Waals surface area contributed by atoms with Gasteiger partial charge in [-0.05, 0) is 59.8 Å². The zero-order chi connectivity index (χ0) is 28.6. The fourth-order valence-corrected chi connectivity index (χ4v) is 5.47. The number of nitrogens with zero attached hydrogens (tertiary/aromatic N) is 5. The summed E-state index contributed by atoms with van der Waals surface area (Å²) in [6.07, 6.45) is 1.92. The second kappa shape index (κ2) is 11.4. The Morgan fingerprint density at radius 2 is 1.90 bits per heavy atom. The van der Waals surface area contributed by atoms with Crippen molar-refractivity contribution in [3.8, 4) is 0 Å². The topological polar surface area (TPSA) is 173 Å². The van der Waals surface area contributed by atoms with E-state index >= 15 is 0 Å². The third-order valence-corrected chi connectivity index (χ3v) is 7.49. The molecule has 220 valence electrons. The summed E-state index contributed by atoms with van der Waals surface area (Å²) in [5.41, 5.74) is 0.374. The van der Waals surface area contributed by atoms with Gasteiger partial charge < -0.3 is 35.1 Å². The van der Waals surface area contributed by atoms with Crippen molar-refractivity contribution >= 4 is 29.0 Å². The molecule has 5 heterocycles. The Labute approximate surface area is 232 Å². The van der Waals surface area contributed by atoms with Crippen LogP contribution < -0.4 is 10.6 Å². The zero-order valence-electron chi connectivity index (χ0n) is 23.3. The van der Waals surface area contributed by atoms with Crippen LogP contribution in [-0.2, 0) is 19.0 Å². The number of aliphatic hydroxyl groups is 2. The standard InChI is InChI=1S/C26H39N7O7/c1-14-17(30-23(36)15-8-7-10-32(15)25(37)40-26(2,3)4)19(34)20(35)24(39-14)31-21-18-22(28-12-27-21)33(13-29-18)16-9-5-6-11-38-16/h12-17,19-20,24,34-35H,5-11H2,1-4H3,(H,30,36)(H,27,28,31)/t14-,15+,16?,17-,19+,20-,24-/m0/s1. The molecule has 2 aromatic rings. The van der Waals surface area contributed by atoms with Gasteiger partial charge in [-0.1, -0.05) is 0 Å². The molecule has 3 aliphatic heterocycles. The molecular weight excluding hydrogens is 522 g/mol. The van der Waals surface area contributed by atoms with Crippen LogP contribution in [0.15, 0.2) is 12.7 Å². The van der Waals surface area contributed by atoms with Gasteiger partial charge in [-0.15, -0.1) is 0 Å². The van der Waals surface area contributed by atoms with Gasteiger partial charge in [-0.25, -0.2) is 19.7 Å². The monoisotopic (exact) mass is 561 g/mol. The molecule has 3 saturated heterocycles. The smallest absolute Gasteiger partial charge is 0.410 e. The van der Waals surface area contributed by atoms with Crippen molar-refractivity contribution in [1.82, 2.24) is 29.7 Å². The zero-order valence-corrected chi connectivity index (χ0v) is 23.3. The molecular formula is C26H39N7O7.